The quantitative estimate of drug-likeness (QED) is 0.739. The summed E-state index contributed by atoms with van der Waals surface area (Å²) in [6, 6.07) is 3.32. The fourth-order valence-electron chi connectivity index (χ4n) is 1.39. The number of nitriles is 1. The second-order valence-electron chi connectivity index (χ2n) is 3.02. The van der Waals surface area contributed by atoms with Crippen LogP contribution in [0.1, 0.15) is 5.56 Å². The number of rotatable bonds is 1. The summed E-state index contributed by atoms with van der Waals surface area (Å²) < 4.78 is 24.0. The average Bonchev–Trinajstić information content (AvgIpc) is 2.26. The van der Waals surface area contributed by atoms with E-state index in [0.717, 1.165) is 0 Å². The highest BCUT2D eigenvalue weighted by Gasteiger charge is 2.21. The first-order valence-corrected chi connectivity index (χ1v) is 4.75. The van der Waals surface area contributed by atoms with Crippen LogP contribution in [0.4, 0.5) is 4.39 Å². The molecule has 0 spiro atoms. The van der Waals surface area contributed by atoms with E-state index < -0.39 is 5.82 Å². The van der Waals surface area contributed by atoms with E-state index in [2.05, 4.69) is 0 Å². The molecule has 0 aliphatic carbocycles. The van der Waals surface area contributed by atoms with Crippen LogP contribution >= 0.6 is 11.6 Å². The van der Waals surface area contributed by atoms with Gasteiger partial charge >= 0.3 is 0 Å². The molecule has 0 fully saturated rings. The molecule has 1 aliphatic heterocycles. The summed E-state index contributed by atoms with van der Waals surface area (Å²) in [6.45, 7) is 0.755. The summed E-state index contributed by atoms with van der Waals surface area (Å²) >= 11 is 5.76. The molecule has 1 aromatic rings. The van der Waals surface area contributed by atoms with Crippen LogP contribution in [-0.4, -0.2) is 13.2 Å². The van der Waals surface area contributed by atoms with Gasteiger partial charge in [0.15, 0.2) is 11.5 Å². The number of hydrogen-bond donors (Lipinski definition) is 0. The Morgan fingerprint density at radius 3 is 2.93 bits per heavy atom. The van der Waals surface area contributed by atoms with Crippen LogP contribution in [0, 0.1) is 17.1 Å². The lowest BCUT2D eigenvalue weighted by Gasteiger charge is -2.20. The average molecular weight is 228 g/mol. The van der Waals surface area contributed by atoms with Crippen LogP contribution in [0.5, 0.6) is 11.5 Å². The van der Waals surface area contributed by atoms with Crippen LogP contribution in [-0.2, 0) is 6.42 Å². The highest BCUT2D eigenvalue weighted by Crippen LogP contribution is 2.40. The molecule has 0 atom stereocenters. The lowest BCUT2D eigenvalue weighted by Crippen LogP contribution is -2.16. The van der Waals surface area contributed by atoms with Gasteiger partial charge in [-0.3, -0.25) is 0 Å². The summed E-state index contributed by atoms with van der Waals surface area (Å²) in [5, 5.41) is 8.39. The summed E-state index contributed by atoms with van der Waals surface area (Å²) in [7, 11) is 0. The van der Waals surface area contributed by atoms with Gasteiger partial charge in [-0.15, -0.1) is 0 Å². The van der Waals surface area contributed by atoms with E-state index in [4.69, 9.17) is 26.3 Å². The number of halogens is 2. The van der Waals surface area contributed by atoms with Crippen molar-refractivity contribution in [2.24, 2.45) is 0 Å². The molecule has 0 aromatic heterocycles. The van der Waals surface area contributed by atoms with Gasteiger partial charge < -0.3 is 9.47 Å². The maximum Gasteiger partial charge on any atom is 0.182 e. The normalized spacial score (nSPS) is 13.4. The first-order valence-electron chi connectivity index (χ1n) is 4.37. The minimum atomic E-state index is -0.609. The van der Waals surface area contributed by atoms with Crippen molar-refractivity contribution < 1.29 is 13.9 Å². The van der Waals surface area contributed by atoms with Crippen molar-refractivity contribution in [2.75, 3.05) is 13.2 Å². The van der Waals surface area contributed by atoms with Gasteiger partial charge in [0, 0.05) is 5.56 Å². The van der Waals surface area contributed by atoms with Crippen molar-refractivity contribution in [2.45, 2.75) is 6.42 Å². The van der Waals surface area contributed by atoms with E-state index in [0.29, 0.717) is 19.0 Å². The molecule has 1 aliphatic rings. The second-order valence-corrected chi connectivity index (χ2v) is 3.40. The Kier molecular flexibility index (Phi) is 2.65. The van der Waals surface area contributed by atoms with E-state index in [1.807, 2.05) is 6.07 Å². The molecule has 3 nitrogen and oxygen atoms in total. The van der Waals surface area contributed by atoms with Gasteiger partial charge in [-0.1, -0.05) is 11.6 Å². The third-order valence-corrected chi connectivity index (χ3v) is 2.40. The Labute approximate surface area is 91.0 Å². The Balaban J connectivity index is 2.53. The Bertz CT molecular complexity index is 442. The maximum absolute atomic E-state index is 13.6. The van der Waals surface area contributed by atoms with Crippen molar-refractivity contribution in [3.63, 3.8) is 0 Å². The topological polar surface area (TPSA) is 42.2 Å². The fourth-order valence-corrected chi connectivity index (χ4v) is 1.66. The molecule has 0 saturated heterocycles. The van der Waals surface area contributed by atoms with Gasteiger partial charge in [0.25, 0.3) is 0 Å². The predicted octanol–water partition coefficient (Wildman–Crippen LogP) is 2.32. The summed E-state index contributed by atoms with van der Waals surface area (Å²) in [4.78, 5) is 0. The van der Waals surface area contributed by atoms with E-state index >= 15 is 0 Å². The van der Waals surface area contributed by atoms with E-state index in [1.165, 1.54) is 6.07 Å². The molecule has 15 heavy (non-hydrogen) atoms. The van der Waals surface area contributed by atoms with Gasteiger partial charge in [0.05, 0.1) is 12.5 Å². The lowest BCUT2D eigenvalue weighted by atomic mass is 10.1. The first-order chi connectivity index (χ1) is 7.24. The van der Waals surface area contributed by atoms with Crippen molar-refractivity contribution >= 4 is 11.6 Å². The minimum Gasteiger partial charge on any atom is -0.486 e. The molecule has 2 rings (SSSR count). The summed E-state index contributed by atoms with van der Waals surface area (Å²) in [5.41, 5.74) is 0.228. The number of benzene rings is 1. The van der Waals surface area contributed by atoms with Crippen molar-refractivity contribution in [1.82, 2.24) is 0 Å². The predicted molar refractivity (Wildman–Crippen MR) is 51.7 cm³/mol. The molecule has 1 aromatic carbocycles. The number of nitrogens with zero attached hydrogens (tertiary/aromatic N) is 1. The van der Waals surface area contributed by atoms with E-state index in [1.54, 1.807) is 0 Å². The molecule has 0 bridgehead atoms. The van der Waals surface area contributed by atoms with Gasteiger partial charge in [-0.05, 0) is 6.07 Å². The van der Waals surface area contributed by atoms with Gasteiger partial charge in [-0.2, -0.15) is 5.26 Å². The largest absolute Gasteiger partial charge is 0.486 e. The molecule has 0 saturated carbocycles. The zero-order valence-corrected chi connectivity index (χ0v) is 8.47. The molecule has 0 radical (unpaired) electrons. The molecule has 0 N–H and O–H groups in total. The minimum absolute atomic E-state index is 0.0395. The zero-order chi connectivity index (χ0) is 10.8. The highest BCUT2D eigenvalue weighted by atomic mass is 35.5. The lowest BCUT2D eigenvalue weighted by molar-refractivity contribution is 0.170. The van der Waals surface area contributed by atoms with Gasteiger partial charge in [0.1, 0.15) is 24.1 Å². The van der Waals surface area contributed by atoms with E-state index in [-0.39, 0.29) is 22.8 Å². The molecular formula is C10H7ClFNO2. The van der Waals surface area contributed by atoms with Gasteiger partial charge in [-0.25, -0.2) is 4.39 Å². The van der Waals surface area contributed by atoms with Crippen LogP contribution in [0.3, 0.4) is 0 Å². The molecule has 0 amide bonds. The Morgan fingerprint density at radius 2 is 2.20 bits per heavy atom. The number of ether oxygens (including phenoxy) is 2. The summed E-state index contributed by atoms with van der Waals surface area (Å²) in [5.74, 6) is 0.0162. The smallest absolute Gasteiger partial charge is 0.182 e. The first kappa shape index (κ1) is 10.1. The zero-order valence-electron chi connectivity index (χ0n) is 7.72. The van der Waals surface area contributed by atoms with Crippen molar-refractivity contribution in [3.05, 3.63) is 22.5 Å². The van der Waals surface area contributed by atoms with Gasteiger partial charge in [0.2, 0.25) is 0 Å². The van der Waals surface area contributed by atoms with E-state index in [9.17, 15) is 4.39 Å². The maximum atomic E-state index is 13.6. The number of hydrogen-bond acceptors (Lipinski definition) is 3. The monoisotopic (exact) mass is 227 g/mol. The molecule has 78 valence electrons. The van der Waals surface area contributed by atoms with Crippen LogP contribution < -0.4 is 9.47 Å². The van der Waals surface area contributed by atoms with Crippen LogP contribution in [0.2, 0.25) is 5.02 Å². The molecule has 0 unspecified atom stereocenters. The second kappa shape index (κ2) is 3.95. The third-order valence-electron chi connectivity index (χ3n) is 2.06. The van der Waals surface area contributed by atoms with Crippen molar-refractivity contribution in [3.8, 4) is 17.6 Å². The standard InChI is InChI=1S/C10H7ClFNO2/c11-8-9(12)6(1-2-13)5-7-10(8)15-4-3-14-7/h5H,1,3-4H2. The fraction of sp³-hybridized carbons (Fsp3) is 0.300. The molecule has 1 heterocycles. The molecule has 5 heteroatoms. The van der Waals surface area contributed by atoms with Crippen LogP contribution in [0.15, 0.2) is 6.07 Å². The SMILES string of the molecule is N#CCc1cc2c(c(Cl)c1F)OCCO2. The number of fused-ring (bicyclic) bond motifs is 1. The Morgan fingerprint density at radius 1 is 1.47 bits per heavy atom. The third kappa shape index (κ3) is 1.71. The Hall–Kier alpha value is -1.47. The molecular weight excluding hydrogens is 221 g/mol. The van der Waals surface area contributed by atoms with Crippen molar-refractivity contribution in [1.29, 1.82) is 5.26 Å². The van der Waals surface area contributed by atoms with Crippen LogP contribution in [0.25, 0.3) is 0 Å². The summed E-state index contributed by atoms with van der Waals surface area (Å²) in [6.07, 6.45) is -0.0395. The highest BCUT2D eigenvalue weighted by molar-refractivity contribution is 6.32.